The van der Waals surface area contributed by atoms with Crippen molar-refractivity contribution < 1.29 is 14.5 Å². The molecule has 8 heteroatoms. The van der Waals surface area contributed by atoms with Gasteiger partial charge in [-0.2, -0.15) is 0 Å². The highest BCUT2D eigenvalue weighted by Crippen LogP contribution is 2.29. The van der Waals surface area contributed by atoms with Gasteiger partial charge in [-0.05, 0) is 30.7 Å². The van der Waals surface area contributed by atoms with Crippen molar-refractivity contribution >= 4 is 34.6 Å². The third kappa shape index (κ3) is 4.36. The van der Waals surface area contributed by atoms with E-state index in [-0.39, 0.29) is 23.9 Å². The summed E-state index contributed by atoms with van der Waals surface area (Å²) < 4.78 is 5.07. The molecule has 0 atom stereocenters. The highest BCUT2D eigenvalue weighted by Gasteiger charge is 2.13. The lowest BCUT2D eigenvalue weighted by molar-refractivity contribution is -0.384. The van der Waals surface area contributed by atoms with E-state index in [9.17, 15) is 14.9 Å². The molecule has 0 spiro atoms. The fourth-order valence-corrected chi connectivity index (χ4v) is 2.16. The normalized spacial score (nSPS) is 10.1. The summed E-state index contributed by atoms with van der Waals surface area (Å²) in [5.41, 5.74) is 1.91. The number of ether oxygens (including phenoxy) is 1. The van der Waals surface area contributed by atoms with Crippen molar-refractivity contribution in [1.82, 2.24) is 0 Å². The van der Waals surface area contributed by atoms with E-state index in [0.717, 1.165) is 11.3 Å². The number of rotatable bonds is 6. The predicted octanol–water partition coefficient (Wildman–Crippen LogP) is 3.62. The van der Waals surface area contributed by atoms with E-state index in [0.29, 0.717) is 10.7 Å². The van der Waals surface area contributed by atoms with Crippen molar-refractivity contribution in [3.05, 3.63) is 57.1 Å². The first-order valence-corrected chi connectivity index (χ1v) is 7.41. The number of nitrogens with zero attached hydrogens (tertiary/aromatic N) is 1. The molecule has 0 heterocycles. The van der Waals surface area contributed by atoms with Crippen LogP contribution in [0.3, 0.4) is 0 Å². The first kappa shape index (κ1) is 17.6. The zero-order valence-corrected chi connectivity index (χ0v) is 13.9. The number of aryl methyl sites for hydroxylation is 1. The molecule has 0 aliphatic heterocycles. The number of non-ortho nitro benzene ring substituents is 1. The Morgan fingerprint density at radius 2 is 2.04 bits per heavy atom. The molecular weight excluding hydrogens is 334 g/mol. The third-order valence-electron chi connectivity index (χ3n) is 3.29. The average molecular weight is 350 g/mol. The SMILES string of the molecule is COc1cc([N+](=O)[O-])ccc1NC(=O)CNc1ccc(C)c(Cl)c1. The number of methoxy groups -OCH3 is 1. The number of nitro groups is 1. The molecule has 0 aliphatic rings. The highest BCUT2D eigenvalue weighted by atomic mass is 35.5. The van der Waals surface area contributed by atoms with Crippen LogP contribution in [0.25, 0.3) is 0 Å². The van der Waals surface area contributed by atoms with E-state index in [1.54, 1.807) is 6.07 Å². The molecule has 1 amide bonds. The number of carbonyl (C=O) groups is 1. The zero-order chi connectivity index (χ0) is 17.7. The highest BCUT2D eigenvalue weighted by molar-refractivity contribution is 6.31. The number of anilines is 2. The van der Waals surface area contributed by atoms with Gasteiger partial charge in [0.25, 0.3) is 5.69 Å². The van der Waals surface area contributed by atoms with Gasteiger partial charge in [0, 0.05) is 16.8 Å². The van der Waals surface area contributed by atoms with Crippen LogP contribution in [-0.2, 0) is 4.79 Å². The molecule has 0 fully saturated rings. The number of nitro benzene ring substituents is 1. The van der Waals surface area contributed by atoms with Gasteiger partial charge in [-0.15, -0.1) is 0 Å². The van der Waals surface area contributed by atoms with Crippen LogP contribution in [0.5, 0.6) is 5.75 Å². The molecule has 0 bridgehead atoms. The smallest absolute Gasteiger partial charge is 0.273 e. The van der Waals surface area contributed by atoms with Crippen molar-refractivity contribution in [2.75, 3.05) is 24.3 Å². The fourth-order valence-electron chi connectivity index (χ4n) is 1.98. The van der Waals surface area contributed by atoms with E-state index < -0.39 is 4.92 Å². The number of halogens is 1. The standard InChI is InChI=1S/C16H16ClN3O4/c1-10-3-4-11(7-13(10)17)18-9-16(21)19-14-6-5-12(20(22)23)8-15(14)24-2/h3-8,18H,9H2,1-2H3,(H,19,21). The van der Waals surface area contributed by atoms with E-state index >= 15 is 0 Å². The summed E-state index contributed by atoms with van der Waals surface area (Å²) in [6.07, 6.45) is 0. The minimum Gasteiger partial charge on any atom is -0.494 e. The Morgan fingerprint density at radius 1 is 1.29 bits per heavy atom. The molecule has 0 aliphatic carbocycles. The summed E-state index contributed by atoms with van der Waals surface area (Å²) in [4.78, 5) is 22.3. The molecule has 0 saturated heterocycles. The molecule has 0 unspecified atom stereocenters. The van der Waals surface area contributed by atoms with Crippen LogP contribution in [0.2, 0.25) is 5.02 Å². The maximum atomic E-state index is 12.0. The van der Waals surface area contributed by atoms with Crippen LogP contribution in [0.15, 0.2) is 36.4 Å². The quantitative estimate of drug-likeness (QED) is 0.613. The van der Waals surface area contributed by atoms with Gasteiger partial charge in [0.05, 0.1) is 30.3 Å². The molecule has 2 N–H and O–H groups in total. The number of hydrogen-bond donors (Lipinski definition) is 2. The van der Waals surface area contributed by atoms with E-state index in [4.69, 9.17) is 16.3 Å². The second kappa shape index (κ2) is 7.65. The lowest BCUT2D eigenvalue weighted by Crippen LogP contribution is -2.22. The number of nitrogens with one attached hydrogen (secondary N) is 2. The monoisotopic (exact) mass is 349 g/mol. The summed E-state index contributed by atoms with van der Waals surface area (Å²) in [5.74, 6) is -0.102. The van der Waals surface area contributed by atoms with Crippen molar-refractivity contribution in [3.8, 4) is 5.75 Å². The zero-order valence-electron chi connectivity index (χ0n) is 13.1. The topological polar surface area (TPSA) is 93.5 Å². The molecule has 0 radical (unpaired) electrons. The molecule has 24 heavy (non-hydrogen) atoms. The summed E-state index contributed by atoms with van der Waals surface area (Å²) in [7, 11) is 1.38. The van der Waals surface area contributed by atoms with Crippen LogP contribution in [0.1, 0.15) is 5.56 Å². The lowest BCUT2D eigenvalue weighted by Gasteiger charge is -2.11. The van der Waals surface area contributed by atoms with E-state index in [1.807, 2.05) is 19.1 Å². The van der Waals surface area contributed by atoms with Gasteiger partial charge >= 0.3 is 0 Å². The first-order valence-electron chi connectivity index (χ1n) is 7.03. The van der Waals surface area contributed by atoms with E-state index in [2.05, 4.69) is 10.6 Å². The molecule has 0 aromatic heterocycles. The van der Waals surface area contributed by atoms with Gasteiger partial charge in [-0.1, -0.05) is 17.7 Å². The van der Waals surface area contributed by atoms with Gasteiger partial charge in [-0.3, -0.25) is 14.9 Å². The van der Waals surface area contributed by atoms with Crippen LogP contribution in [-0.4, -0.2) is 24.5 Å². The Labute approximate surface area is 143 Å². The fraction of sp³-hybridized carbons (Fsp3) is 0.188. The summed E-state index contributed by atoms with van der Waals surface area (Å²) in [6, 6.07) is 9.38. The van der Waals surface area contributed by atoms with Gasteiger partial charge in [0.15, 0.2) is 0 Å². The molecule has 2 aromatic carbocycles. The Bertz CT molecular complexity index is 780. The van der Waals surface area contributed by atoms with Gasteiger partial charge in [0.2, 0.25) is 5.91 Å². The summed E-state index contributed by atoms with van der Waals surface area (Å²) in [5, 5.41) is 17.0. The molecule has 7 nitrogen and oxygen atoms in total. The second-order valence-electron chi connectivity index (χ2n) is 5.01. The van der Waals surface area contributed by atoms with Crippen LogP contribution in [0.4, 0.5) is 17.1 Å². The molecule has 0 saturated carbocycles. The van der Waals surface area contributed by atoms with Crippen molar-refractivity contribution in [2.45, 2.75) is 6.92 Å². The first-order chi connectivity index (χ1) is 11.4. The Morgan fingerprint density at radius 3 is 2.67 bits per heavy atom. The molecule has 126 valence electrons. The summed E-state index contributed by atoms with van der Waals surface area (Å²) in [6.45, 7) is 1.90. The van der Waals surface area contributed by atoms with Crippen LogP contribution < -0.4 is 15.4 Å². The van der Waals surface area contributed by atoms with Crippen molar-refractivity contribution in [1.29, 1.82) is 0 Å². The minimum atomic E-state index is -0.531. The molecule has 2 aromatic rings. The summed E-state index contributed by atoms with van der Waals surface area (Å²) >= 11 is 6.03. The second-order valence-corrected chi connectivity index (χ2v) is 5.41. The Balaban J connectivity index is 2.01. The predicted molar refractivity (Wildman–Crippen MR) is 93.0 cm³/mol. The van der Waals surface area contributed by atoms with Crippen molar-refractivity contribution in [2.24, 2.45) is 0 Å². The molecular formula is C16H16ClN3O4. The van der Waals surface area contributed by atoms with Crippen molar-refractivity contribution in [3.63, 3.8) is 0 Å². The minimum absolute atomic E-state index is 0.0134. The van der Waals surface area contributed by atoms with Crippen LogP contribution in [0, 0.1) is 17.0 Å². The molecule has 2 rings (SSSR count). The van der Waals surface area contributed by atoms with Gasteiger partial charge < -0.3 is 15.4 Å². The number of carbonyl (C=O) groups excluding carboxylic acids is 1. The number of benzene rings is 2. The Hall–Kier alpha value is -2.80. The van der Waals surface area contributed by atoms with Gasteiger partial charge in [0.1, 0.15) is 5.75 Å². The average Bonchev–Trinajstić information content (AvgIpc) is 2.56. The van der Waals surface area contributed by atoms with Crippen LogP contribution >= 0.6 is 11.6 Å². The lowest BCUT2D eigenvalue weighted by atomic mass is 10.2. The largest absolute Gasteiger partial charge is 0.494 e. The third-order valence-corrected chi connectivity index (χ3v) is 3.70. The maximum Gasteiger partial charge on any atom is 0.273 e. The van der Waals surface area contributed by atoms with Gasteiger partial charge in [-0.25, -0.2) is 0 Å². The number of amides is 1. The number of hydrogen-bond acceptors (Lipinski definition) is 5. The van der Waals surface area contributed by atoms with E-state index in [1.165, 1.54) is 25.3 Å². The Kier molecular flexibility index (Phi) is 5.59. The maximum absolute atomic E-state index is 12.0.